The van der Waals surface area contributed by atoms with Crippen LogP contribution in [-0.4, -0.2) is 13.4 Å². The van der Waals surface area contributed by atoms with Crippen LogP contribution in [0.1, 0.15) is 45.1 Å². The molecule has 0 aliphatic heterocycles. The van der Waals surface area contributed by atoms with Crippen molar-refractivity contribution in [3.8, 4) is 0 Å². The highest BCUT2D eigenvalue weighted by Crippen LogP contribution is 2.11. The van der Waals surface area contributed by atoms with E-state index >= 15 is 0 Å². The fourth-order valence-corrected chi connectivity index (χ4v) is 2.02. The predicted molar refractivity (Wildman–Crippen MR) is 75.4 cm³/mol. The van der Waals surface area contributed by atoms with E-state index in [0.717, 1.165) is 18.9 Å². The van der Waals surface area contributed by atoms with Crippen molar-refractivity contribution in [1.29, 1.82) is 0 Å². The monoisotopic (exact) mass is 250 g/mol. The third kappa shape index (κ3) is 7.46. The number of rotatable bonds is 10. The SMILES string of the molecule is CCCC(C)CCCOCOCc1ccccc1. The van der Waals surface area contributed by atoms with Crippen LogP contribution < -0.4 is 0 Å². The van der Waals surface area contributed by atoms with Crippen LogP contribution in [0.3, 0.4) is 0 Å². The Labute approximate surface area is 111 Å². The van der Waals surface area contributed by atoms with Crippen LogP contribution in [0.15, 0.2) is 30.3 Å². The highest BCUT2D eigenvalue weighted by molar-refractivity contribution is 5.13. The van der Waals surface area contributed by atoms with Crippen LogP contribution in [-0.2, 0) is 16.1 Å². The van der Waals surface area contributed by atoms with Crippen molar-refractivity contribution in [2.45, 2.75) is 46.1 Å². The van der Waals surface area contributed by atoms with E-state index in [9.17, 15) is 0 Å². The molecule has 2 heteroatoms. The van der Waals surface area contributed by atoms with Gasteiger partial charge >= 0.3 is 0 Å². The second kappa shape index (κ2) is 10.1. The van der Waals surface area contributed by atoms with Gasteiger partial charge in [0.15, 0.2) is 0 Å². The molecule has 1 atom stereocenters. The number of ether oxygens (including phenoxy) is 2. The summed E-state index contributed by atoms with van der Waals surface area (Å²) in [5.41, 5.74) is 1.19. The van der Waals surface area contributed by atoms with Gasteiger partial charge in [-0.2, -0.15) is 0 Å². The summed E-state index contributed by atoms with van der Waals surface area (Å²) in [5, 5.41) is 0. The Kier molecular flexibility index (Phi) is 8.53. The second-order valence-electron chi connectivity index (χ2n) is 4.90. The first-order valence-electron chi connectivity index (χ1n) is 7.02. The molecule has 0 fully saturated rings. The van der Waals surface area contributed by atoms with Crippen molar-refractivity contribution >= 4 is 0 Å². The summed E-state index contributed by atoms with van der Waals surface area (Å²) in [5.74, 6) is 0.823. The van der Waals surface area contributed by atoms with Gasteiger partial charge in [0, 0.05) is 6.61 Å². The van der Waals surface area contributed by atoms with Gasteiger partial charge in [-0.15, -0.1) is 0 Å². The molecule has 0 aliphatic carbocycles. The number of hydrogen-bond donors (Lipinski definition) is 0. The molecule has 0 saturated heterocycles. The summed E-state index contributed by atoms with van der Waals surface area (Å²) in [7, 11) is 0. The Bertz CT molecular complexity index is 284. The first-order valence-corrected chi connectivity index (χ1v) is 7.02. The van der Waals surface area contributed by atoms with Crippen LogP contribution in [0.5, 0.6) is 0 Å². The lowest BCUT2D eigenvalue weighted by Gasteiger charge is -2.10. The molecule has 2 nitrogen and oxygen atoms in total. The van der Waals surface area contributed by atoms with Crippen molar-refractivity contribution in [1.82, 2.24) is 0 Å². The van der Waals surface area contributed by atoms with E-state index < -0.39 is 0 Å². The lowest BCUT2D eigenvalue weighted by molar-refractivity contribution is -0.0628. The van der Waals surface area contributed by atoms with E-state index in [4.69, 9.17) is 9.47 Å². The van der Waals surface area contributed by atoms with Crippen LogP contribution in [0.4, 0.5) is 0 Å². The van der Waals surface area contributed by atoms with Crippen molar-refractivity contribution in [3.63, 3.8) is 0 Å². The summed E-state index contributed by atoms with van der Waals surface area (Å²) in [6, 6.07) is 10.2. The Balaban J connectivity index is 1.90. The molecule has 18 heavy (non-hydrogen) atoms. The molecule has 0 aromatic heterocycles. The highest BCUT2D eigenvalue weighted by atomic mass is 16.7. The maximum Gasteiger partial charge on any atom is 0.147 e. The van der Waals surface area contributed by atoms with Crippen LogP contribution in [0, 0.1) is 5.92 Å². The normalized spacial score (nSPS) is 12.6. The van der Waals surface area contributed by atoms with Crippen LogP contribution >= 0.6 is 0 Å². The van der Waals surface area contributed by atoms with Gasteiger partial charge in [0.1, 0.15) is 6.79 Å². The first kappa shape index (κ1) is 15.2. The smallest absolute Gasteiger partial charge is 0.147 e. The summed E-state index contributed by atoms with van der Waals surface area (Å²) >= 11 is 0. The van der Waals surface area contributed by atoms with Gasteiger partial charge < -0.3 is 9.47 Å². The lowest BCUT2D eigenvalue weighted by atomic mass is 10.0. The molecule has 0 saturated carbocycles. The van der Waals surface area contributed by atoms with Crippen molar-refractivity contribution in [3.05, 3.63) is 35.9 Å². The van der Waals surface area contributed by atoms with Crippen molar-refractivity contribution in [2.75, 3.05) is 13.4 Å². The summed E-state index contributed by atoms with van der Waals surface area (Å²) in [4.78, 5) is 0. The zero-order chi connectivity index (χ0) is 13.1. The largest absolute Gasteiger partial charge is 0.355 e. The first-order chi connectivity index (χ1) is 8.83. The Morgan fingerprint density at radius 1 is 1.06 bits per heavy atom. The molecule has 0 amide bonds. The molecule has 1 rings (SSSR count). The van der Waals surface area contributed by atoms with Gasteiger partial charge in [0.05, 0.1) is 6.61 Å². The van der Waals surface area contributed by atoms with Gasteiger partial charge in [-0.3, -0.25) is 0 Å². The molecule has 1 unspecified atom stereocenters. The molecule has 1 aromatic carbocycles. The fourth-order valence-electron chi connectivity index (χ4n) is 2.02. The molecular weight excluding hydrogens is 224 g/mol. The molecule has 0 spiro atoms. The topological polar surface area (TPSA) is 18.5 Å². The van der Waals surface area contributed by atoms with Gasteiger partial charge in [-0.1, -0.05) is 57.0 Å². The zero-order valence-electron chi connectivity index (χ0n) is 11.7. The molecule has 0 aliphatic rings. The molecule has 102 valence electrons. The van der Waals surface area contributed by atoms with E-state index in [-0.39, 0.29) is 0 Å². The summed E-state index contributed by atoms with van der Waals surface area (Å²) < 4.78 is 10.9. The highest BCUT2D eigenvalue weighted by Gasteiger charge is 2.00. The van der Waals surface area contributed by atoms with E-state index in [1.807, 2.05) is 18.2 Å². The van der Waals surface area contributed by atoms with Crippen molar-refractivity contribution < 1.29 is 9.47 Å². The Morgan fingerprint density at radius 3 is 2.56 bits per heavy atom. The third-order valence-electron chi connectivity index (χ3n) is 3.05. The van der Waals surface area contributed by atoms with Gasteiger partial charge in [0.25, 0.3) is 0 Å². The summed E-state index contributed by atoms with van der Waals surface area (Å²) in [6.45, 7) is 6.40. The molecule has 1 aromatic rings. The van der Waals surface area contributed by atoms with Crippen LogP contribution in [0.2, 0.25) is 0 Å². The Morgan fingerprint density at radius 2 is 1.83 bits per heavy atom. The molecule has 0 N–H and O–H groups in total. The maximum atomic E-state index is 5.46. The minimum atomic E-state index is 0.400. The molecule has 0 bridgehead atoms. The Hall–Kier alpha value is -0.860. The number of hydrogen-bond acceptors (Lipinski definition) is 2. The van der Waals surface area contributed by atoms with Crippen molar-refractivity contribution in [2.24, 2.45) is 5.92 Å². The standard InChI is InChI=1S/C16H26O2/c1-3-8-15(2)9-7-12-17-14-18-13-16-10-5-4-6-11-16/h4-6,10-11,15H,3,7-9,12-14H2,1-2H3. The quantitative estimate of drug-likeness (QED) is 0.453. The molecule has 0 radical (unpaired) electrons. The van der Waals surface area contributed by atoms with E-state index in [2.05, 4.69) is 26.0 Å². The van der Waals surface area contributed by atoms with Gasteiger partial charge in [0.2, 0.25) is 0 Å². The molecular formula is C16H26O2. The second-order valence-corrected chi connectivity index (χ2v) is 4.90. The minimum absolute atomic E-state index is 0.400. The average molecular weight is 250 g/mol. The van der Waals surface area contributed by atoms with Gasteiger partial charge in [-0.05, 0) is 24.3 Å². The minimum Gasteiger partial charge on any atom is -0.355 e. The van der Waals surface area contributed by atoms with E-state index in [1.54, 1.807) is 0 Å². The van der Waals surface area contributed by atoms with Gasteiger partial charge in [-0.25, -0.2) is 0 Å². The zero-order valence-corrected chi connectivity index (χ0v) is 11.7. The summed E-state index contributed by atoms with van der Waals surface area (Å²) in [6.07, 6.45) is 5.00. The number of benzene rings is 1. The fraction of sp³-hybridized carbons (Fsp3) is 0.625. The van der Waals surface area contributed by atoms with E-state index in [1.165, 1.54) is 24.8 Å². The van der Waals surface area contributed by atoms with E-state index in [0.29, 0.717) is 13.4 Å². The lowest BCUT2D eigenvalue weighted by Crippen LogP contribution is -2.03. The predicted octanol–water partition coefficient (Wildman–Crippen LogP) is 4.39. The molecule has 0 heterocycles. The third-order valence-corrected chi connectivity index (χ3v) is 3.05. The van der Waals surface area contributed by atoms with Crippen LogP contribution in [0.25, 0.3) is 0 Å². The average Bonchev–Trinajstić information content (AvgIpc) is 2.39. The maximum absolute atomic E-state index is 5.46.